The average molecular weight is 310 g/mol. The summed E-state index contributed by atoms with van der Waals surface area (Å²) in [5.74, 6) is 2.13. The van der Waals surface area contributed by atoms with Gasteiger partial charge in [0, 0.05) is 0 Å². The van der Waals surface area contributed by atoms with Crippen molar-refractivity contribution in [3.8, 4) is 0 Å². The summed E-state index contributed by atoms with van der Waals surface area (Å²) >= 11 is 0. The van der Waals surface area contributed by atoms with Crippen LogP contribution in [0.2, 0.25) is 0 Å². The van der Waals surface area contributed by atoms with Gasteiger partial charge in [0.1, 0.15) is 13.2 Å². The molecule has 0 aromatic heterocycles. The second-order valence-corrected chi connectivity index (χ2v) is 6.86. The summed E-state index contributed by atoms with van der Waals surface area (Å²) in [4.78, 5) is 9.32. The summed E-state index contributed by atoms with van der Waals surface area (Å²) < 4.78 is 23.2. The van der Waals surface area contributed by atoms with Crippen LogP contribution >= 0.6 is 0 Å². The van der Waals surface area contributed by atoms with Gasteiger partial charge in [-0.3, -0.25) is 0 Å². The highest BCUT2D eigenvalue weighted by atomic mass is 16.7. The number of rotatable bonds is 4. The molecule has 124 valence electrons. The monoisotopic (exact) mass is 310 g/mol. The SMILES string of the molecule is CC1O[C@@H](C2=N[C@@H](C(C)C)CO2)[C@H](C2=N[C@@H](C(C)C)CO2)O1. The third-order valence-electron chi connectivity index (χ3n) is 4.37. The molecule has 0 spiro atoms. The summed E-state index contributed by atoms with van der Waals surface area (Å²) in [5, 5.41) is 0. The second kappa shape index (κ2) is 6.16. The average Bonchev–Trinajstić information content (AvgIpc) is 3.16. The quantitative estimate of drug-likeness (QED) is 0.797. The molecule has 1 fully saturated rings. The molecular weight excluding hydrogens is 284 g/mol. The first-order valence-corrected chi connectivity index (χ1v) is 8.17. The van der Waals surface area contributed by atoms with Crippen LogP contribution in [0.1, 0.15) is 34.6 Å². The van der Waals surface area contributed by atoms with Crippen LogP contribution in [0.25, 0.3) is 0 Å². The molecule has 3 heterocycles. The standard InChI is InChI=1S/C16H26N2O4/c1-8(2)11-6-19-15(17-11)13-14(22-10(5)21-13)16-18-12(7-20-16)9(3)4/h8-14H,6-7H2,1-5H3/t11-,12-,13-,14-/m1/s1. The Bertz CT molecular complexity index is 433. The van der Waals surface area contributed by atoms with E-state index in [0.29, 0.717) is 36.8 Å². The summed E-state index contributed by atoms with van der Waals surface area (Å²) in [7, 11) is 0. The van der Waals surface area contributed by atoms with Crippen molar-refractivity contribution in [3.05, 3.63) is 0 Å². The fourth-order valence-electron chi connectivity index (χ4n) is 2.77. The van der Waals surface area contributed by atoms with E-state index in [2.05, 4.69) is 37.7 Å². The largest absolute Gasteiger partial charge is 0.477 e. The van der Waals surface area contributed by atoms with Gasteiger partial charge in [-0.05, 0) is 18.8 Å². The van der Waals surface area contributed by atoms with E-state index in [4.69, 9.17) is 18.9 Å². The molecule has 4 atom stereocenters. The number of aliphatic imine (C=N–C) groups is 2. The van der Waals surface area contributed by atoms with Gasteiger partial charge >= 0.3 is 0 Å². The molecule has 0 aliphatic carbocycles. The molecule has 0 saturated carbocycles. The highest BCUT2D eigenvalue weighted by molar-refractivity contribution is 5.92. The van der Waals surface area contributed by atoms with Gasteiger partial charge in [-0.1, -0.05) is 27.7 Å². The van der Waals surface area contributed by atoms with Gasteiger partial charge in [0.15, 0.2) is 18.5 Å². The molecule has 0 amide bonds. The minimum absolute atomic E-state index is 0.185. The number of nitrogens with zero attached hydrogens (tertiary/aromatic N) is 2. The molecule has 6 nitrogen and oxygen atoms in total. The number of ether oxygens (including phenoxy) is 4. The van der Waals surface area contributed by atoms with Crippen LogP contribution in [-0.4, -0.2) is 55.6 Å². The Kier molecular flexibility index (Phi) is 4.41. The van der Waals surface area contributed by atoms with Crippen molar-refractivity contribution < 1.29 is 18.9 Å². The number of hydrogen-bond donors (Lipinski definition) is 0. The normalized spacial score (nSPS) is 35.8. The Balaban J connectivity index is 1.76. The van der Waals surface area contributed by atoms with Crippen molar-refractivity contribution in [1.29, 1.82) is 0 Å². The van der Waals surface area contributed by atoms with Gasteiger partial charge in [-0.2, -0.15) is 0 Å². The van der Waals surface area contributed by atoms with Gasteiger partial charge in [0.25, 0.3) is 0 Å². The lowest BCUT2D eigenvalue weighted by Gasteiger charge is -2.15. The van der Waals surface area contributed by atoms with Crippen LogP contribution in [0.5, 0.6) is 0 Å². The summed E-state index contributed by atoms with van der Waals surface area (Å²) in [6.07, 6.45) is -1.03. The van der Waals surface area contributed by atoms with Crippen LogP contribution in [0.3, 0.4) is 0 Å². The van der Waals surface area contributed by atoms with Gasteiger partial charge in [0.2, 0.25) is 11.8 Å². The molecule has 1 saturated heterocycles. The third-order valence-corrected chi connectivity index (χ3v) is 4.37. The van der Waals surface area contributed by atoms with E-state index in [1.807, 2.05) is 6.92 Å². The molecular formula is C16H26N2O4. The van der Waals surface area contributed by atoms with Crippen molar-refractivity contribution in [2.24, 2.45) is 21.8 Å². The summed E-state index contributed by atoms with van der Waals surface area (Å²) in [5.41, 5.74) is 0. The topological polar surface area (TPSA) is 61.6 Å². The van der Waals surface area contributed by atoms with E-state index in [-0.39, 0.29) is 30.6 Å². The van der Waals surface area contributed by atoms with Gasteiger partial charge in [0.05, 0.1) is 12.1 Å². The fraction of sp³-hybridized carbons (Fsp3) is 0.875. The van der Waals surface area contributed by atoms with E-state index in [9.17, 15) is 0 Å². The smallest absolute Gasteiger partial charge is 0.217 e. The highest BCUT2D eigenvalue weighted by Crippen LogP contribution is 2.28. The minimum atomic E-state index is -0.358. The zero-order chi connectivity index (χ0) is 15.9. The van der Waals surface area contributed by atoms with Crippen LogP contribution in [0.4, 0.5) is 0 Å². The molecule has 3 rings (SSSR count). The molecule has 0 radical (unpaired) electrons. The predicted octanol–water partition coefficient (Wildman–Crippen LogP) is 2.02. The molecule has 0 aromatic carbocycles. The Hall–Kier alpha value is -1.14. The molecule has 0 unspecified atom stereocenters. The van der Waals surface area contributed by atoms with Crippen LogP contribution in [0.15, 0.2) is 9.98 Å². The maximum absolute atomic E-state index is 5.86. The van der Waals surface area contributed by atoms with Crippen LogP contribution < -0.4 is 0 Å². The van der Waals surface area contributed by atoms with Crippen LogP contribution in [0, 0.1) is 11.8 Å². The lowest BCUT2D eigenvalue weighted by atomic mass is 10.1. The molecule has 0 aromatic rings. The van der Waals surface area contributed by atoms with Gasteiger partial charge < -0.3 is 18.9 Å². The van der Waals surface area contributed by atoms with Crippen molar-refractivity contribution >= 4 is 11.8 Å². The molecule has 22 heavy (non-hydrogen) atoms. The maximum atomic E-state index is 5.86. The summed E-state index contributed by atoms with van der Waals surface area (Å²) in [6.45, 7) is 11.7. The first kappa shape index (κ1) is 15.7. The van der Waals surface area contributed by atoms with E-state index in [1.54, 1.807) is 0 Å². The van der Waals surface area contributed by atoms with Gasteiger partial charge in [-0.25, -0.2) is 9.98 Å². The zero-order valence-electron chi connectivity index (χ0n) is 14.0. The predicted molar refractivity (Wildman–Crippen MR) is 83.2 cm³/mol. The van der Waals surface area contributed by atoms with Crippen molar-refractivity contribution in [3.63, 3.8) is 0 Å². The second-order valence-electron chi connectivity index (χ2n) is 6.86. The van der Waals surface area contributed by atoms with Crippen LogP contribution in [-0.2, 0) is 18.9 Å². The fourth-order valence-corrected chi connectivity index (χ4v) is 2.77. The molecule has 6 heteroatoms. The lowest BCUT2D eigenvalue weighted by molar-refractivity contribution is -0.0410. The number of hydrogen-bond acceptors (Lipinski definition) is 6. The molecule has 3 aliphatic rings. The Morgan fingerprint density at radius 1 is 0.818 bits per heavy atom. The Morgan fingerprint density at radius 2 is 1.23 bits per heavy atom. The first-order valence-electron chi connectivity index (χ1n) is 8.17. The van der Waals surface area contributed by atoms with Crippen molar-refractivity contribution in [2.45, 2.75) is 65.2 Å². The van der Waals surface area contributed by atoms with E-state index in [0.717, 1.165) is 0 Å². The molecule has 3 aliphatic heterocycles. The minimum Gasteiger partial charge on any atom is -0.477 e. The zero-order valence-corrected chi connectivity index (χ0v) is 14.0. The van der Waals surface area contributed by atoms with E-state index < -0.39 is 0 Å². The first-order chi connectivity index (χ1) is 10.5. The Labute approximate surface area is 131 Å². The molecule has 0 N–H and O–H groups in total. The maximum Gasteiger partial charge on any atom is 0.217 e. The summed E-state index contributed by atoms with van der Waals surface area (Å²) in [6, 6.07) is 0.370. The van der Waals surface area contributed by atoms with Crippen molar-refractivity contribution in [1.82, 2.24) is 0 Å². The van der Waals surface area contributed by atoms with E-state index >= 15 is 0 Å². The lowest BCUT2D eigenvalue weighted by Crippen LogP contribution is -2.37. The van der Waals surface area contributed by atoms with E-state index in [1.165, 1.54) is 0 Å². The van der Waals surface area contributed by atoms with Crippen molar-refractivity contribution in [2.75, 3.05) is 13.2 Å². The Morgan fingerprint density at radius 3 is 1.55 bits per heavy atom. The van der Waals surface area contributed by atoms with Gasteiger partial charge in [-0.15, -0.1) is 0 Å². The molecule has 0 bridgehead atoms. The third kappa shape index (κ3) is 2.99. The highest BCUT2D eigenvalue weighted by Gasteiger charge is 2.46.